The summed E-state index contributed by atoms with van der Waals surface area (Å²) in [7, 11) is 1.69. The lowest BCUT2D eigenvalue weighted by atomic mass is 9.95. The molecule has 0 saturated carbocycles. The van der Waals surface area contributed by atoms with Crippen molar-refractivity contribution in [3.63, 3.8) is 0 Å². The van der Waals surface area contributed by atoms with E-state index in [1.807, 2.05) is 4.90 Å². The van der Waals surface area contributed by atoms with Gasteiger partial charge in [-0.25, -0.2) is 4.79 Å². The van der Waals surface area contributed by atoms with Gasteiger partial charge in [0.2, 0.25) is 0 Å². The van der Waals surface area contributed by atoms with Crippen molar-refractivity contribution >= 4 is 17.4 Å². The molecule has 2 heterocycles. The van der Waals surface area contributed by atoms with E-state index in [1.165, 1.54) is 6.42 Å². The van der Waals surface area contributed by atoms with Crippen LogP contribution in [-0.2, 0) is 6.42 Å². The fourth-order valence-corrected chi connectivity index (χ4v) is 4.47. The maximum atomic E-state index is 12.1. The van der Waals surface area contributed by atoms with Crippen LogP contribution in [0.2, 0.25) is 0 Å². The van der Waals surface area contributed by atoms with Crippen molar-refractivity contribution < 1.29 is 9.53 Å². The predicted octanol–water partition coefficient (Wildman–Crippen LogP) is 3.83. The van der Waals surface area contributed by atoms with Gasteiger partial charge in [0.05, 0.1) is 18.4 Å². The molecule has 1 aromatic heterocycles. The van der Waals surface area contributed by atoms with Gasteiger partial charge in [-0.3, -0.25) is 0 Å². The molecule has 3 N–H and O–H groups in total. The lowest BCUT2D eigenvalue weighted by Gasteiger charge is -2.35. The number of carbonyl (C=O) groups excluding carboxylic acids is 1. The predicted molar refractivity (Wildman–Crippen MR) is 120 cm³/mol. The number of anilines is 1. The summed E-state index contributed by atoms with van der Waals surface area (Å²) in [5.41, 5.74) is 9.47. The quantitative estimate of drug-likeness (QED) is 0.580. The molecular weight excluding hydrogens is 392 g/mol. The van der Waals surface area contributed by atoms with E-state index in [9.17, 15) is 10.1 Å². The lowest BCUT2D eigenvalue weighted by molar-refractivity contribution is 0.147. The van der Waals surface area contributed by atoms with E-state index in [-0.39, 0.29) is 6.03 Å². The van der Waals surface area contributed by atoms with Crippen molar-refractivity contribution in [2.45, 2.75) is 77.2 Å². The number of nitrogens with two attached hydrogens (primary N) is 1. The Bertz CT molecular complexity index is 860. The summed E-state index contributed by atoms with van der Waals surface area (Å²) < 4.78 is 5.67. The minimum Gasteiger partial charge on any atom is -0.463 e. The number of amides is 2. The molecule has 3 rings (SSSR count). The van der Waals surface area contributed by atoms with Crippen molar-refractivity contribution in [3.8, 4) is 12.1 Å². The second-order valence-electron chi connectivity index (χ2n) is 8.31. The van der Waals surface area contributed by atoms with E-state index in [4.69, 9.17) is 10.5 Å². The maximum Gasteiger partial charge on any atom is 0.318 e. The summed E-state index contributed by atoms with van der Waals surface area (Å²) in [4.78, 5) is 23.0. The first-order valence-electron chi connectivity index (χ1n) is 11.5. The van der Waals surface area contributed by atoms with E-state index < -0.39 is 0 Å². The van der Waals surface area contributed by atoms with Crippen LogP contribution < -0.4 is 15.8 Å². The van der Waals surface area contributed by atoms with Gasteiger partial charge >= 0.3 is 12.0 Å². The molecule has 8 nitrogen and oxygen atoms in total. The summed E-state index contributed by atoms with van der Waals surface area (Å²) >= 11 is 0. The average Bonchev–Trinajstić information content (AvgIpc) is 3.15. The Morgan fingerprint density at radius 1 is 1.32 bits per heavy atom. The molecule has 1 atom stereocenters. The maximum absolute atomic E-state index is 12.1. The number of likely N-dealkylation sites (tertiary alicyclic amines) is 1. The van der Waals surface area contributed by atoms with E-state index in [0.29, 0.717) is 30.9 Å². The number of urea groups is 1. The molecule has 0 radical (unpaired) electrons. The fourth-order valence-electron chi connectivity index (χ4n) is 4.47. The Hall–Kier alpha value is -2.82. The third-order valence-electron chi connectivity index (χ3n) is 6.20. The number of hydrogen-bond acceptors (Lipinski definition) is 6. The molecule has 1 saturated heterocycles. The molecule has 1 aliphatic heterocycles. The van der Waals surface area contributed by atoms with E-state index >= 15 is 0 Å². The lowest BCUT2D eigenvalue weighted by Crippen LogP contribution is -2.47. The van der Waals surface area contributed by atoms with Crippen LogP contribution in [0.25, 0.3) is 5.57 Å². The minimum absolute atomic E-state index is 0.0201. The summed E-state index contributed by atoms with van der Waals surface area (Å²) in [6.45, 7) is 3.49. The number of nitriles is 1. The van der Waals surface area contributed by atoms with Gasteiger partial charge in [0.25, 0.3) is 0 Å². The molecular formula is C23H34N6O2. The second-order valence-corrected chi connectivity index (χ2v) is 8.31. The van der Waals surface area contributed by atoms with Gasteiger partial charge in [-0.05, 0) is 50.5 Å². The number of allylic oxidation sites excluding steroid dienone is 2. The number of nitrogens with one attached hydrogen (secondary N) is 1. The summed E-state index contributed by atoms with van der Waals surface area (Å²) in [6.07, 6.45) is 9.45. The highest BCUT2D eigenvalue weighted by Gasteiger charge is 2.28. The SMILES string of the molecule is CCCCOc1nc(N)c2c(n1)C(CCCCC1CCCCN1C(=O)NC)=C(C#N)C2. The first kappa shape index (κ1) is 22.9. The molecule has 0 bridgehead atoms. The summed E-state index contributed by atoms with van der Waals surface area (Å²) in [6, 6.07) is 2.95. The highest BCUT2D eigenvalue weighted by Crippen LogP contribution is 2.38. The largest absolute Gasteiger partial charge is 0.463 e. The highest BCUT2D eigenvalue weighted by molar-refractivity contribution is 5.79. The van der Waals surface area contributed by atoms with Crippen LogP contribution in [0.5, 0.6) is 6.01 Å². The van der Waals surface area contributed by atoms with Crippen LogP contribution in [0.3, 0.4) is 0 Å². The highest BCUT2D eigenvalue weighted by atomic mass is 16.5. The Labute approximate surface area is 184 Å². The third-order valence-corrected chi connectivity index (χ3v) is 6.20. The monoisotopic (exact) mass is 426 g/mol. The number of hydrogen-bond donors (Lipinski definition) is 2. The van der Waals surface area contributed by atoms with Crippen molar-refractivity contribution in [1.82, 2.24) is 20.2 Å². The minimum atomic E-state index is 0.0201. The van der Waals surface area contributed by atoms with E-state index in [2.05, 4.69) is 28.3 Å². The van der Waals surface area contributed by atoms with Crippen molar-refractivity contribution in [2.75, 3.05) is 25.9 Å². The molecule has 31 heavy (non-hydrogen) atoms. The number of rotatable bonds is 9. The molecule has 1 aromatic rings. The van der Waals surface area contributed by atoms with Gasteiger partial charge in [-0.2, -0.15) is 15.2 Å². The Kier molecular flexibility index (Phi) is 8.10. The average molecular weight is 427 g/mol. The smallest absolute Gasteiger partial charge is 0.318 e. The summed E-state index contributed by atoms with van der Waals surface area (Å²) in [5, 5.41) is 12.4. The Balaban J connectivity index is 1.62. The molecule has 1 fully saturated rings. The molecule has 0 aromatic carbocycles. The standard InChI is InChI=1S/C23H34N6O2/c1-3-4-13-31-22-27-20-18(16(15-24)14-19(20)21(25)28-22)11-6-5-9-17-10-7-8-12-29(17)23(30)26-2/h17H,3-14H2,1-2H3,(H,26,30)(H2,25,27,28). The normalized spacial score (nSPS) is 18.0. The van der Waals surface area contributed by atoms with E-state index in [0.717, 1.165) is 80.3 Å². The van der Waals surface area contributed by atoms with Crippen molar-refractivity contribution in [1.29, 1.82) is 5.26 Å². The van der Waals surface area contributed by atoms with Crippen LogP contribution in [0, 0.1) is 11.3 Å². The molecule has 168 valence electrons. The van der Waals surface area contributed by atoms with Crippen LogP contribution >= 0.6 is 0 Å². The fraction of sp³-hybridized carbons (Fsp3) is 0.652. The molecule has 1 aliphatic carbocycles. The van der Waals surface area contributed by atoms with Crippen LogP contribution in [-0.4, -0.2) is 47.1 Å². The van der Waals surface area contributed by atoms with Crippen LogP contribution in [0.4, 0.5) is 10.6 Å². The van der Waals surface area contributed by atoms with Crippen molar-refractivity contribution in [2.24, 2.45) is 0 Å². The first-order valence-corrected chi connectivity index (χ1v) is 11.5. The molecule has 2 amide bonds. The third kappa shape index (κ3) is 5.46. The number of carbonyl (C=O) groups is 1. The number of fused-ring (bicyclic) bond motifs is 1. The second kappa shape index (κ2) is 11.0. The van der Waals surface area contributed by atoms with Gasteiger partial charge in [0.15, 0.2) is 0 Å². The zero-order chi connectivity index (χ0) is 22.2. The molecule has 1 unspecified atom stereocenters. The van der Waals surface area contributed by atoms with Gasteiger partial charge < -0.3 is 20.7 Å². The van der Waals surface area contributed by atoms with Gasteiger partial charge in [-0.1, -0.05) is 19.8 Å². The van der Waals surface area contributed by atoms with Gasteiger partial charge in [0, 0.05) is 37.2 Å². The molecule has 2 aliphatic rings. The summed E-state index contributed by atoms with van der Waals surface area (Å²) in [5.74, 6) is 0.405. The number of aromatic nitrogens is 2. The molecule has 0 spiro atoms. The zero-order valence-electron chi connectivity index (χ0n) is 18.7. The Morgan fingerprint density at radius 2 is 2.16 bits per heavy atom. The van der Waals surface area contributed by atoms with Gasteiger partial charge in [-0.15, -0.1) is 0 Å². The molecule has 8 heteroatoms. The first-order chi connectivity index (χ1) is 15.1. The van der Waals surface area contributed by atoms with Crippen molar-refractivity contribution in [3.05, 3.63) is 16.8 Å². The van der Waals surface area contributed by atoms with Crippen LogP contribution in [0.1, 0.15) is 76.0 Å². The number of nitrogens with zero attached hydrogens (tertiary/aromatic N) is 4. The van der Waals surface area contributed by atoms with Gasteiger partial charge in [0.1, 0.15) is 5.82 Å². The van der Waals surface area contributed by atoms with E-state index in [1.54, 1.807) is 7.05 Å². The number of unbranched alkanes of at least 4 members (excludes halogenated alkanes) is 2. The zero-order valence-corrected chi connectivity index (χ0v) is 18.7. The number of piperidine rings is 1. The number of ether oxygens (including phenoxy) is 1. The number of nitrogen functional groups attached to an aromatic ring is 1. The Morgan fingerprint density at radius 3 is 2.90 bits per heavy atom. The van der Waals surface area contributed by atoms with Crippen LogP contribution in [0.15, 0.2) is 5.57 Å². The topological polar surface area (TPSA) is 117 Å².